The van der Waals surface area contributed by atoms with Crippen LogP contribution in [0.25, 0.3) is 0 Å². The Morgan fingerprint density at radius 1 is 0.971 bits per heavy atom. The lowest BCUT2D eigenvalue weighted by Gasteiger charge is -2.62. The Kier molecular flexibility index (Phi) is 6.26. The molecule has 4 aliphatic carbocycles. The van der Waals surface area contributed by atoms with Crippen molar-refractivity contribution in [3.63, 3.8) is 0 Å². The Bertz CT molecular complexity index is 907. The fourth-order valence-corrected chi connectivity index (χ4v) is 8.31. The van der Waals surface area contributed by atoms with Gasteiger partial charge in [0.2, 0.25) is 0 Å². The van der Waals surface area contributed by atoms with Crippen LogP contribution in [0.1, 0.15) is 86.0 Å². The maximum Gasteiger partial charge on any atom is 0.187 e. The van der Waals surface area contributed by atoms with Crippen LogP contribution in [0.5, 0.6) is 0 Å². The third kappa shape index (κ3) is 3.70. The van der Waals surface area contributed by atoms with Gasteiger partial charge in [0, 0.05) is 17.3 Å². The van der Waals surface area contributed by atoms with E-state index in [1.165, 1.54) is 6.08 Å². The first-order valence-corrected chi connectivity index (χ1v) is 13.0. The van der Waals surface area contributed by atoms with Gasteiger partial charge >= 0.3 is 0 Å². The van der Waals surface area contributed by atoms with E-state index >= 15 is 0 Å². The maximum atomic E-state index is 13.3. The van der Waals surface area contributed by atoms with Gasteiger partial charge in [0.15, 0.2) is 5.78 Å². The molecular formula is C27H44O8. The molecule has 0 amide bonds. The molecule has 0 spiro atoms. The molecule has 7 N–H and O–H groups in total. The van der Waals surface area contributed by atoms with Crippen LogP contribution < -0.4 is 0 Å². The predicted octanol–water partition coefficient (Wildman–Crippen LogP) is 0.969. The number of ketones is 1. The van der Waals surface area contributed by atoms with Crippen LogP contribution in [-0.2, 0) is 4.79 Å². The van der Waals surface area contributed by atoms with Crippen molar-refractivity contribution in [2.24, 2.45) is 22.7 Å². The average Bonchev–Trinajstić information content (AvgIpc) is 3.01. The normalized spacial score (nSPS) is 48.3. The zero-order valence-electron chi connectivity index (χ0n) is 21.7. The molecule has 0 aromatic carbocycles. The van der Waals surface area contributed by atoms with Gasteiger partial charge in [-0.2, -0.15) is 0 Å². The van der Waals surface area contributed by atoms with Crippen LogP contribution >= 0.6 is 0 Å². The molecule has 4 aliphatic rings. The van der Waals surface area contributed by atoms with Gasteiger partial charge in [-0.05, 0) is 89.2 Å². The van der Waals surface area contributed by atoms with Crippen molar-refractivity contribution in [3.05, 3.63) is 11.6 Å². The number of hydrogen-bond donors (Lipinski definition) is 7. The van der Waals surface area contributed by atoms with Crippen LogP contribution in [0.4, 0.5) is 0 Å². The van der Waals surface area contributed by atoms with Crippen LogP contribution in [0.15, 0.2) is 11.6 Å². The highest BCUT2D eigenvalue weighted by Gasteiger charge is 2.71. The third-order valence-electron chi connectivity index (χ3n) is 10.7. The summed E-state index contributed by atoms with van der Waals surface area (Å²) in [6, 6.07) is 0. The van der Waals surface area contributed by atoms with E-state index in [4.69, 9.17) is 0 Å². The van der Waals surface area contributed by atoms with Crippen molar-refractivity contribution < 1.29 is 40.5 Å². The van der Waals surface area contributed by atoms with E-state index in [-0.39, 0.29) is 25.2 Å². The minimum absolute atomic E-state index is 0.0437. The quantitative estimate of drug-likeness (QED) is 0.297. The summed E-state index contributed by atoms with van der Waals surface area (Å²) in [6.45, 7) is 8.58. The highest BCUT2D eigenvalue weighted by molar-refractivity contribution is 6.00. The fourth-order valence-electron chi connectivity index (χ4n) is 8.31. The number of rotatable bonds is 5. The Morgan fingerprint density at radius 2 is 1.57 bits per heavy atom. The Balaban J connectivity index is 1.70. The van der Waals surface area contributed by atoms with Crippen LogP contribution in [-0.4, -0.2) is 82.2 Å². The average molecular weight is 497 g/mol. The summed E-state index contributed by atoms with van der Waals surface area (Å²) in [5.41, 5.74) is -7.07. The zero-order chi connectivity index (χ0) is 26.4. The number of carbonyl (C=O) groups excluding carboxylic acids is 1. The minimum atomic E-state index is -1.82. The minimum Gasteiger partial charge on any atom is -0.390 e. The molecule has 0 saturated heterocycles. The molecule has 4 rings (SSSR count). The van der Waals surface area contributed by atoms with E-state index in [0.717, 1.165) is 0 Å². The largest absolute Gasteiger partial charge is 0.390 e. The van der Waals surface area contributed by atoms with E-state index in [9.17, 15) is 40.5 Å². The van der Waals surface area contributed by atoms with Gasteiger partial charge in [-0.1, -0.05) is 13.8 Å². The van der Waals surface area contributed by atoms with Crippen molar-refractivity contribution >= 4 is 5.78 Å². The molecule has 0 radical (unpaired) electrons. The first kappa shape index (κ1) is 27.2. The van der Waals surface area contributed by atoms with E-state index in [2.05, 4.69) is 0 Å². The number of hydrogen-bond acceptors (Lipinski definition) is 8. The fraction of sp³-hybridized carbons (Fsp3) is 0.889. The van der Waals surface area contributed by atoms with Gasteiger partial charge in [-0.25, -0.2) is 0 Å². The lowest BCUT2D eigenvalue weighted by Crippen LogP contribution is -2.69. The zero-order valence-corrected chi connectivity index (χ0v) is 21.7. The molecule has 3 saturated carbocycles. The van der Waals surface area contributed by atoms with Crippen molar-refractivity contribution in [2.75, 3.05) is 0 Å². The lowest BCUT2D eigenvalue weighted by atomic mass is 9.44. The van der Waals surface area contributed by atoms with Crippen molar-refractivity contribution in [3.8, 4) is 0 Å². The maximum absolute atomic E-state index is 13.3. The summed E-state index contributed by atoms with van der Waals surface area (Å²) in [5, 5.41) is 77.0. The first-order chi connectivity index (χ1) is 15.8. The van der Waals surface area contributed by atoms with Gasteiger partial charge in [0.25, 0.3) is 0 Å². The second-order valence-electron chi connectivity index (χ2n) is 13.3. The second-order valence-corrected chi connectivity index (χ2v) is 13.3. The van der Waals surface area contributed by atoms with E-state index < -0.39 is 63.2 Å². The SMILES string of the molecule is CC(C)(O)CCC(O)[C@](C)(O)C1CC[C@@]2(O)C3=CC(=O)[C@]4(O)CC(O)C(O)C[C@]4(C)C3CC[C@]12C. The van der Waals surface area contributed by atoms with Crippen LogP contribution in [0, 0.1) is 22.7 Å². The van der Waals surface area contributed by atoms with Gasteiger partial charge in [0.1, 0.15) is 5.60 Å². The van der Waals surface area contributed by atoms with E-state index in [0.29, 0.717) is 37.7 Å². The molecular weight excluding hydrogens is 452 g/mol. The standard InChI is InChI=1S/C27H44O8/c1-22(2,32)9-8-20(30)25(5,33)19-7-11-26(34)16-12-21(31)27(35)14-18(29)17(28)13-24(27,4)15(16)6-10-23(19,26)3/h12,15,17-20,28-30,32-35H,6-11,13-14H2,1-5H3/t15?,17?,18?,19?,20?,23-,24-,25-,26-,27-/m1/s1. The Morgan fingerprint density at radius 3 is 2.17 bits per heavy atom. The number of fused-ring (bicyclic) bond motifs is 5. The molecule has 0 aliphatic heterocycles. The van der Waals surface area contributed by atoms with Gasteiger partial charge < -0.3 is 35.7 Å². The van der Waals surface area contributed by atoms with Crippen molar-refractivity contribution in [1.82, 2.24) is 0 Å². The summed E-state index contributed by atoms with van der Waals surface area (Å²) in [4.78, 5) is 13.3. The second kappa shape index (κ2) is 8.06. The van der Waals surface area contributed by atoms with E-state index in [1.807, 2.05) is 6.92 Å². The Hall–Kier alpha value is -0.870. The molecule has 0 aromatic rings. The highest BCUT2D eigenvalue weighted by atomic mass is 16.3. The topological polar surface area (TPSA) is 159 Å². The van der Waals surface area contributed by atoms with Crippen LogP contribution in [0.3, 0.4) is 0 Å². The summed E-state index contributed by atoms with van der Waals surface area (Å²) in [7, 11) is 0. The molecule has 8 heteroatoms. The summed E-state index contributed by atoms with van der Waals surface area (Å²) in [5.74, 6) is -1.38. The molecule has 35 heavy (non-hydrogen) atoms. The van der Waals surface area contributed by atoms with Gasteiger partial charge in [-0.3, -0.25) is 4.79 Å². The third-order valence-corrected chi connectivity index (χ3v) is 10.7. The van der Waals surface area contributed by atoms with Gasteiger partial charge in [-0.15, -0.1) is 0 Å². The van der Waals surface area contributed by atoms with Crippen molar-refractivity contribution in [1.29, 1.82) is 0 Å². The highest BCUT2D eigenvalue weighted by Crippen LogP contribution is 2.69. The number of carbonyl (C=O) groups is 1. The number of aliphatic hydroxyl groups is 7. The first-order valence-electron chi connectivity index (χ1n) is 13.0. The molecule has 10 atom stereocenters. The molecule has 0 bridgehead atoms. The molecule has 8 nitrogen and oxygen atoms in total. The van der Waals surface area contributed by atoms with Gasteiger partial charge in [0.05, 0.1) is 35.1 Å². The van der Waals surface area contributed by atoms with E-state index in [1.54, 1.807) is 27.7 Å². The predicted molar refractivity (Wildman–Crippen MR) is 128 cm³/mol. The summed E-state index contributed by atoms with van der Waals surface area (Å²) >= 11 is 0. The Labute approximate surface area is 207 Å². The lowest BCUT2D eigenvalue weighted by molar-refractivity contribution is -0.211. The molecule has 200 valence electrons. The number of aliphatic hydroxyl groups excluding tert-OH is 3. The smallest absolute Gasteiger partial charge is 0.187 e. The van der Waals surface area contributed by atoms with Crippen molar-refractivity contribution in [2.45, 2.75) is 127 Å². The summed E-state index contributed by atoms with van der Waals surface area (Å²) < 4.78 is 0. The molecule has 3 fully saturated rings. The molecule has 0 heterocycles. The van der Waals surface area contributed by atoms with Crippen LogP contribution in [0.2, 0.25) is 0 Å². The monoisotopic (exact) mass is 496 g/mol. The molecule has 0 aromatic heterocycles. The molecule has 5 unspecified atom stereocenters. The summed E-state index contributed by atoms with van der Waals surface area (Å²) in [6.07, 6.45) is 0.0884.